The van der Waals surface area contributed by atoms with Crippen LogP contribution in [-0.4, -0.2) is 11.1 Å². The van der Waals surface area contributed by atoms with Gasteiger partial charge in [-0.3, -0.25) is 0 Å². The highest BCUT2D eigenvalue weighted by molar-refractivity contribution is 5.86. The van der Waals surface area contributed by atoms with Crippen LogP contribution in [0.15, 0.2) is 12.2 Å². The van der Waals surface area contributed by atoms with Crippen molar-refractivity contribution < 1.29 is 9.90 Å². The molecule has 0 aromatic heterocycles. The molecule has 0 spiro atoms. The Morgan fingerprint density at radius 2 is 1.30 bits per heavy atom. The molecule has 1 N–H and O–H groups in total. The van der Waals surface area contributed by atoms with Gasteiger partial charge in [0.2, 0.25) is 0 Å². The minimum atomic E-state index is -0.935. The van der Waals surface area contributed by atoms with Gasteiger partial charge in [-0.05, 0) is 6.92 Å². The van der Waals surface area contributed by atoms with Gasteiger partial charge in [0.15, 0.2) is 0 Å². The lowest BCUT2D eigenvalue weighted by Crippen LogP contribution is -1.92. The van der Waals surface area contributed by atoms with Crippen LogP contribution in [0.3, 0.4) is 0 Å². The van der Waals surface area contributed by atoms with Crippen LogP contribution in [0.4, 0.5) is 0 Å². The van der Waals surface area contributed by atoms with Crippen LogP contribution in [0, 0.1) is 0 Å². The second kappa shape index (κ2) is 16.2. The Balaban J connectivity index is -0.0000000208. The fraction of sp³-hybridized carbons (Fsp3) is 0.250. The number of hydrogen-bond donors (Lipinski definition) is 1. The summed E-state index contributed by atoms with van der Waals surface area (Å²) < 4.78 is 0. The van der Waals surface area contributed by atoms with Crippen molar-refractivity contribution in [1.29, 1.82) is 0 Å². The zero-order chi connectivity index (χ0) is 5.15. The average Bonchev–Trinajstić information content (AvgIpc) is 1.36. The summed E-state index contributed by atoms with van der Waals surface area (Å²) in [6.07, 6.45) is 0. The molecule has 0 unspecified atom stereocenters. The van der Waals surface area contributed by atoms with Crippen molar-refractivity contribution in [2.75, 3.05) is 0 Å². The number of carbonyl (C=O) groups is 1. The van der Waals surface area contributed by atoms with E-state index in [1.165, 1.54) is 6.92 Å². The molecule has 66 valence electrons. The van der Waals surface area contributed by atoms with Gasteiger partial charge in [-0.2, -0.15) is 0 Å². The topological polar surface area (TPSA) is 37.3 Å². The molecular weight excluding hydrogens is 222 g/mol. The largest absolute Gasteiger partial charge is 0.478 e. The molecule has 0 aliphatic carbocycles. The molecule has 0 bridgehead atoms. The third-order valence-corrected chi connectivity index (χ3v) is 0.365. The molecule has 0 aromatic carbocycles. The maximum atomic E-state index is 9.60. The van der Waals surface area contributed by atoms with Gasteiger partial charge in [-0.1, -0.05) is 6.58 Å². The number of halogens is 4. The summed E-state index contributed by atoms with van der Waals surface area (Å²) in [5.74, 6) is -0.935. The van der Waals surface area contributed by atoms with E-state index >= 15 is 0 Å². The molecule has 0 aromatic rings. The van der Waals surface area contributed by atoms with Crippen molar-refractivity contribution in [3.05, 3.63) is 12.2 Å². The SMILES string of the molecule is C=C(C)C(=O)O.Cl.Cl.Cl.Cl. The summed E-state index contributed by atoms with van der Waals surface area (Å²) in [6, 6.07) is 0. The second-order valence-corrected chi connectivity index (χ2v) is 1.09. The summed E-state index contributed by atoms with van der Waals surface area (Å²) in [7, 11) is 0. The van der Waals surface area contributed by atoms with Crippen LogP contribution in [0.1, 0.15) is 6.92 Å². The predicted molar refractivity (Wildman–Crippen MR) is 51.4 cm³/mol. The Bertz CT molecular complexity index is 81.3. The smallest absolute Gasteiger partial charge is 0.330 e. The van der Waals surface area contributed by atoms with E-state index < -0.39 is 5.97 Å². The summed E-state index contributed by atoms with van der Waals surface area (Å²) in [5.41, 5.74) is 0.176. The van der Waals surface area contributed by atoms with Gasteiger partial charge in [0, 0.05) is 5.57 Å². The second-order valence-electron chi connectivity index (χ2n) is 1.09. The van der Waals surface area contributed by atoms with Crippen LogP contribution < -0.4 is 0 Å². The Morgan fingerprint density at radius 1 is 1.20 bits per heavy atom. The molecule has 10 heavy (non-hydrogen) atoms. The van der Waals surface area contributed by atoms with Crippen molar-refractivity contribution in [2.45, 2.75) is 6.92 Å². The molecule has 0 atom stereocenters. The van der Waals surface area contributed by atoms with Crippen molar-refractivity contribution in [3.8, 4) is 0 Å². The molecule has 0 fully saturated rings. The standard InChI is InChI=1S/C4H6O2.4ClH/c1-3(2)4(5)6;;;;/h1H2,2H3,(H,5,6);4*1H. The van der Waals surface area contributed by atoms with Gasteiger partial charge < -0.3 is 5.11 Å². The van der Waals surface area contributed by atoms with Gasteiger partial charge >= 0.3 is 5.97 Å². The maximum absolute atomic E-state index is 9.60. The van der Waals surface area contributed by atoms with Gasteiger partial charge in [0.25, 0.3) is 0 Å². The van der Waals surface area contributed by atoms with E-state index in [0.29, 0.717) is 0 Å². The zero-order valence-electron chi connectivity index (χ0n) is 5.20. The lowest BCUT2D eigenvalue weighted by Gasteiger charge is -1.79. The highest BCUT2D eigenvalue weighted by Gasteiger charge is 1.90. The monoisotopic (exact) mass is 230 g/mol. The minimum Gasteiger partial charge on any atom is -0.478 e. The number of aliphatic carboxylic acids is 1. The molecule has 2 nitrogen and oxygen atoms in total. The molecule has 0 heterocycles. The lowest BCUT2D eigenvalue weighted by molar-refractivity contribution is -0.132. The lowest BCUT2D eigenvalue weighted by atomic mass is 10.4. The van der Waals surface area contributed by atoms with Gasteiger partial charge in [-0.25, -0.2) is 4.79 Å². The minimum absolute atomic E-state index is 0. The zero-order valence-corrected chi connectivity index (χ0v) is 8.46. The number of hydrogen-bond acceptors (Lipinski definition) is 1. The van der Waals surface area contributed by atoms with Crippen molar-refractivity contribution in [2.24, 2.45) is 0 Å². The van der Waals surface area contributed by atoms with E-state index in [-0.39, 0.29) is 55.2 Å². The summed E-state index contributed by atoms with van der Waals surface area (Å²) in [6.45, 7) is 4.60. The molecule has 0 rings (SSSR count). The molecule has 6 heteroatoms. The van der Waals surface area contributed by atoms with E-state index in [9.17, 15) is 4.79 Å². The molecule has 0 aliphatic heterocycles. The molecule has 0 saturated heterocycles. The molecular formula is C4H10Cl4O2. The third-order valence-electron chi connectivity index (χ3n) is 0.365. The quantitative estimate of drug-likeness (QED) is 0.704. The Kier molecular flexibility index (Phi) is 51.1. The highest BCUT2D eigenvalue weighted by Crippen LogP contribution is 1.81. The first-order valence-electron chi connectivity index (χ1n) is 1.53. The molecule has 0 saturated carbocycles. The van der Waals surface area contributed by atoms with Crippen LogP contribution in [0.5, 0.6) is 0 Å². The Morgan fingerprint density at radius 3 is 1.30 bits per heavy atom. The maximum Gasteiger partial charge on any atom is 0.330 e. The first kappa shape index (κ1) is 31.6. The van der Waals surface area contributed by atoms with Crippen LogP contribution in [-0.2, 0) is 4.79 Å². The average molecular weight is 232 g/mol. The van der Waals surface area contributed by atoms with Crippen molar-refractivity contribution >= 4 is 55.6 Å². The Labute approximate surface area is 84.7 Å². The van der Waals surface area contributed by atoms with Crippen molar-refractivity contribution in [1.82, 2.24) is 0 Å². The van der Waals surface area contributed by atoms with Gasteiger partial charge in [0.05, 0.1) is 0 Å². The van der Waals surface area contributed by atoms with E-state index in [1.807, 2.05) is 0 Å². The third kappa shape index (κ3) is 23.8. The Hall–Kier alpha value is 0.370. The fourth-order valence-corrected chi connectivity index (χ4v) is 0. The van der Waals surface area contributed by atoms with E-state index in [2.05, 4.69) is 6.58 Å². The van der Waals surface area contributed by atoms with E-state index in [0.717, 1.165) is 0 Å². The predicted octanol–water partition coefficient (Wildman–Crippen LogP) is 2.33. The molecule has 0 radical (unpaired) electrons. The van der Waals surface area contributed by atoms with E-state index in [4.69, 9.17) is 5.11 Å². The van der Waals surface area contributed by atoms with Crippen LogP contribution in [0.2, 0.25) is 0 Å². The first-order valence-corrected chi connectivity index (χ1v) is 1.53. The fourth-order valence-electron chi connectivity index (χ4n) is 0. The van der Waals surface area contributed by atoms with Crippen molar-refractivity contribution in [3.63, 3.8) is 0 Å². The summed E-state index contributed by atoms with van der Waals surface area (Å²) >= 11 is 0. The molecule has 0 aliphatic rings. The highest BCUT2D eigenvalue weighted by atomic mass is 35.5. The summed E-state index contributed by atoms with van der Waals surface area (Å²) in [5, 5.41) is 7.89. The van der Waals surface area contributed by atoms with Gasteiger partial charge in [-0.15, -0.1) is 49.6 Å². The van der Waals surface area contributed by atoms with Crippen LogP contribution >= 0.6 is 49.6 Å². The normalized spacial score (nSPS) is 4.50. The number of rotatable bonds is 1. The summed E-state index contributed by atoms with van der Waals surface area (Å²) in [4.78, 5) is 9.60. The molecule has 0 amide bonds. The van der Waals surface area contributed by atoms with E-state index in [1.54, 1.807) is 0 Å². The van der Waals surface area contributed by atoms with Crippen LogP contribution in [0.25, 0.3) is 0 Å². The number of carboxylic acid groups (broad SMARTS) is 1. The first-order chi connectivity index (χ1) is 2.64. The number of carboxylic acids is 1. The van der Waals surface area contributed by atoms with Gasteiger partial charge in [0.1, 0.15) is 0 Å².